The van der Waals surface area contributed by atoms with Crippen molar-refractivity contribution < 1.29 is 9.53 Å². The molecule has 0 aromatic heterocycles. The molecule has 1 aliphatic heterocycles. The molecule has 1 aliphatic rings. The van der Waals surface area contributed by atoms with Crippen molar-refractivity contribution in [2.24, 2.45) is 11.3 Å². The number of benzene rings is 1. The Kier molecular flexibility index (Phi) is 4.74. The summed E-state index contributed by atoms with van der Waals surface area (Å²) in [6.07, 6.45) is 0. The number of hydrogen-bond donors (Lipinski definition) is 0. The molecule has 4 heteroatoms. The number of carbonyl (C=O) groups is 1. The van der Waals surface area contributed by atoms with E-state index < -0.39 is 0 Å². The van der Waals surface area contributed by atoms with Crippen LogP contribution in [0.1, 0.15) is 31.1 Å². The van der Waals surface area contributed by atoms with E-state index in [4.69, 9.17) is 4.74 Å². The molecule has 3 nitrogen and oxygen atoms in total. The van der Waals surface area contributed by atoms with Crippen molar-refractivity contribution in [3.05, 3.63) is 29.8 Å². The maximum Gasteiger partial charge on any atom is 0.257 e. The van der Waals surface area contributed by atoms with Crippen molar-refractivity contribution in [3.8, 4) is 5.75 Å². The number of alkyl halides is 1. The molecular weight excluding hydrogens is 318 g/mol. The van der Waals surface area contributed by atoms with Crippen molar-refractivity contribution in [1.82, 2.24) is 4.90 Å². The van der Waals surface area contributed by atoms with Crippen molar-refractivity contribution in [2.45, 2.75) is 20.8 Å². The Labute approximate surface area is 129 Å². The highest BCUT2D eigenvalue weighted by molar-refractivity contribution is 9.09. The summed E-state index contributed by atoms with van der Waals surface area (Å²) in [5.74, 6) is 1.19. The minimum Gasteiger partial charge on any atom is -0.491 e. The van der Waals surface area contributed by atoms with E-state index in [1.54, 1.807) is 0 Å². The molecule has 1 unspecified atom stereocenters. The third kappa shape index (κ3) is 3.35. The highest BCUT2D eigenvalue weighted by Gasteiger charge is 2.30. The third-order valence-electron chi connectivity index (χ3n) is 3.88. The molecule has 0 saturated heterocycles. The van der Waals surface area contributed by atoms with Crippen LogP contribution >= 0.6 is 15.9 Å². The SMILES string of the molecule is CC(C)(C)C(CBr)CN1CCOc2ccccc2C1=O. The molecule has 20 heavy (non-hydrogen) atoms. The van der Waals surface area contributed by atoms with Gasteiger partial charge in [-0.2, -0.15) is 0 Å². The second-order valence-corrected chi connectivity index (χ2v) is 6.96. The number of para-hydroxylation sites is 1. The zero-order chi connectivity index (χ0) is 14.8. The van der Waals surface area contributed by atoms with Gasteiger partial charge >= 0.3 is 0 Å². The molecule has 1 atom stereocenters. The molecule has 0 fully saturated rings. The van der Waals surface area contributed by atoms with Crippen LogP contribution in [0.3, 0.4) is 0 Å². The Morgan fingerprint density at radius 2 is 2.05 bits per heavy atom. The van der Waals surface area contributed by atoms with Crippen LogP contribution in [0, 0.1) is 11.3 Å². The first-order chi connectivity index (χ1) is 9.43. The first-order valence-electron chi connectivity index (χ1n) is 7.00. The molecule has 1 aromatic carbocycles. The summed E-state index contributed by atoms with van der Waals surface area (Å²) in [6, 6.07) is 7.49. The van der Waals surface area contributed by atoms with Crippen LogP contribution < -0.4 is 4.74 Å². The number of halogens is 1. The second-order valence-electron chi connectivity index (χ2n) is 6.31. The highest BCUT2D eigenvalue weighted by atomic mass is 79.9. The molecular formula is C16H22BrNO2. The summed E-state index contributed by atoms with van der Waals surface area (Å²) in [5, 5.41) is 0.892. The monoisotopic (exact) mass is 339 g/mol. The van der Waals surface area contributed by atoms with Crippen LogP contribution in [0.25, 0.3) is 0 Å². The first-order valence-corrected chi connectivity index (χ1v) is 8.12. The molecule has 110 valence electrons. The first kappa shape index (κ1) is 15.4. The van der Waals surface area contributed by atoms with Crippen LogP contribution in [0.15, 0.2) is 24.3 Å². The average Bonchev–Trinajstić information content (AvgIpc) is 2.55. The molecule has 2 rings (SSSR count). The highest BCUT2D eigenvalue weighted by Crippen LogP contribution is 2.30. The molecule has 1 aromatic rings. The van der Waals surface area contributed by atoms with Crippen LogP contribution in [-0.4, -0.2) is 35.8 Å². The number of nitrogens with zero attached hydrogens (tertiary/aromatic N) is 1. The lowest BCUT2D eigenvalue weighted by atomic mass is 9.81. The molecule has 0 N–H and O–H groups in total. The van der Waals surface area contributed by atoms with E-state index in [0.29, 0.717) is 30.4 Å². The molecule has 0 radical (unpaired) electrons. The number of carbonyl (C=O) groups excluding carboxylic acids is 1. The normalized spacial score (nSPS) is 17.2. The Morgan fingerprint density at radius 1 is 1.35 bits per heavy atom. The van der Waals surface area contributed by atoms with Gasteiger partial charge in [-0.15, -0.1) is 0 Å². The number of ether oxygens (including phenoxy) is 1. The molecule has 0 bridgehead atoms. The topological polar surface area (TPSA) is 29.5 Å². The maximum atomic E-state index is 12.6. The minimum absolute atomic E-state index is 0.0771. The Hall–Kier alpha value is -1.03. The Balaban J connectivity index is 2.20. The van der Waals surface area contributed by atoms with E-state index in [2.05, 4.69) is 36.7 Å². The zero-order valence-corrected chi connectivity index (χ0v) is 13.9. The van der Waals surface area contributed by atoms with Crippen molar-refractivity contribution >= 4 is 21.8 Å². The largest absolute Gasteiger partial charge is 0.491 e. The molecule has 0 spiro atoms. The number of fused-ring (bicyclic) bond motifs is 1. The number of amides is 1. The van der Waals surface area contributed by atoms with Gasteiger partial charge in [0.15, 0.2) is 0 Å². The molecule has 1 amide bonds. The fourth-order valence-corrected chi connectivity index (χ4v) is 3.48. The minimum atomic E-state index is 0.0771. The van der Waals surface area contributed by atoms with Gasteiger partial charge in [0.25, 0.3) is 5.91 Å². The fraction of sp³-hybridized carbons (Fsp3) is 0.562. The Morgan fingerprint density at radius 3 is 2.70 bits per heavy atom. The lowest BCUT2D eigenvalue weighted by Gasteiger charge is -2.33. The summed E-state index contributed by atoms with van der Waals surface area (Å²) in [7, 11) is 0. The fourth-order valence-electron chi connectivity index (χ4n) is 2.30. The summed E-state index contributed by atoms with van der Waals surface area (Å²) in [6.45, 7) is 8.60. The van der Waals surface area contributed by atoms with E-state index in [-0.39, 0.29) is 11.3 Å². The number of rotatable bonds is 3. The summed E-state index contributed by atoms with van der Waals surface area (Å²) in [4.78, 5) is 14.6. The molecule has 0 aliphatic carbocycles. The van der Waals surface area contributed by atoms with E-state index in [0.717, 1.165) is 11.9 Å². The van der Waals surface area contributed by atoms with Crippen LogP contribution in [0.2, 0.25) is 0 Å². The lowest BCUT2D eigenvalue weighted by Crippen LogP contribution is -2.40. The summed E-state index contributed by atoms with van der Waals surface area (Å²) in [5.41, 5.74) is 0.837. The van der Waals surface area contributed by atoms with E-state index in [1.165, 1.54) is 0 Å². The van der Waals surface area contributed by atoms with Gasteiger partial charge in [0.2, 0.25) is 0 Å². The smallest absolute Gasteiger partial charge is 0.257 e. The van der Waals surface area contributed by atoms with Crippen LogP contribution in [-0.2, 0) is 0 Å². The van der Waals surface area contributed by atoms with Gasteiger partial charge in [0.05, 0.1) is 12.1 Å². The van der Waals surface area contributed by atoms with Crippen molar-refractivity contribution in [1.29, 1.82) is 0 Å². The zero-order valence-electron chi connectivity index (χ0n) is 12.4. The Bertz CT molecular complexity index is 482. The summed E-state index contributed by atoms with van der Waals surface area (Å²) < 4.78 is 5.68. The molecule has 1 heterocycles. The van der Waals surface area contributed by atoms with Gasteiger partial charge in [-0.05, 0) is 23.5 Å². The predicted molar refractivity (Wildman–Crippen MR) is 84.6 cm³/mol. The van der Waals surface area contributed by atoms with Crippen LogP contribution in [0.4, 0.5) is 0 Å². The van der Waals surface area contributed by atoms with E-state index in [9.17, 15) is 4.79 Å². The third-order valence-corrected chi connectivity index (χ3v) is 4.66. The second kappa shape index (κ2) is 6.17. The van der Waals surface area contributed by atoms with Crippen molar-refractivity contribution in [3.63, 3.8) is 0 Å². The maximum absolute atomic E-state index is 12.6. The van der Waals surface area contributed by atoms with E-state index >= 15 is 0 Å². The van der Waals surface area contributed by atoms with Crippen molar-refractivity contribution in [2.75, 3.05) is 25.0 Å². The van der Waals surface area contributed by atoms with Gasteiger partial charge in [0.1, 0.15) is 12.4 Å². The average molecular weight is 340 g/mol. The standard InChI is InChI=1S/C16H22BrNO2/c1-16(2,3)12(10-17)11-18-8-9-20-14-7-5-4-6-13(14)15(18)19/h4-7,12H,8-11H2,1-3H3. The van der Waals surface area contributed by atoms with Crippen LogP contribution in [0.5, 0.6) is 5.75 Å². The lowest BCUT2D eigenvalue weighted by molar-refractivity contribution is 0.0689. The van der Waals surface area contributed by atoms with Gasteiger partial charge in [-0.1, -0.05) is 48.8 Å². The van der Waals surface area contributed by atoms with E-state index in [1.807, 2.05) is 29.2 Å². The molecule has 0 saturated carbocycles. The van der Waals surface area contributed by atoms with Gasteiger partial charge in [-0.25, -0.2) is 0 Å². The quantitative estimate of drug-likeness (QED) is 0.787. The van der Waals surface area contributed by atoms with Gasteiger partial charge in [-0.3, -0.25) is 4.79 Å². The summed E-state index contributed by atoms with van der Waals surface area (Å²) >= 11 is 3.58. The predicted octanol–water partition coefficient (Wildman–Crippen LogP) is 3.58. The van der Waals surface area contributed by atoms with Gasteiger partial charge < -0.3 is 9.64 Å². The van der Waals surface area contributed by atoms with Gasteiger partial charge in [0, 0.05) is 11.9 Å². The number of hydrogen-bond acceptors (Lipinski definition) is 2.